The molecular formula is C33H34FN3O8S. The van der Waals surface area contributed by atoms with Gasteiger partial charge in [0.25, 0.3) is 15.9 Å². The highest BCUT2D eigenvalue weighted by molar-refractivity contribution is 7.92. The van der Waals surface area contributed by atoms with Crippen LogP contribution in [-0.4, -0.2) is 61.8 Å². The third-order valence-corrected chi connectivity index (χ3v) is 8.70. The number of nitrogens with one attached hydrogen (secondary N) is 2. The maximum atomic E-state index is 15.0. The van der Waals surface area contributed by atoms with E-state index in [0.717, 1.165) is 11.6 Å². The smallest absolute Gasteiger partial charge is 0.265 e. The number of ether oxygens (including phenoxy) is 4. The lowest BCUT2D eigenvalue weighted by Crippen LogP contribution is -2.39. The summed E-state index contributed by atoms with van der Waals surface area (Å²) in [4.78, 5) is 26.2. The third-order valence-electron chi connectivity index (χ3n) is 6.94. The first kappa shape index (κ1) is 33.6. The normalized spacial score (nSPS) is 10.9. The number of sulfonamides is 1. The fourth-order valence-corrected chi connectivity index (χ4v) is 6.06. The first-order valence-electron chi connectivity index (χ1n) is 14.0. The van der Waals surface area contributed by atoms with Crippen LogP contribution in [0.1, 0.15) is 15.9 Å². The molecular weight excluding hydrogens is 617 g/mol. The van der Waals surface area contributed by atoms with Crippen LogP contribution in [0.3, 0.4) is 0 Å². The van der Waals surface area contributed by atoms with Crippen LogP contribution in [-0.2, 0) is 21.2 Å². The molecule has 2 amide bonds. The molecule has 0 saturated carbocycles. The Bertz CT molecular complexity index is 1820. The summed E-state index contributed by atoms with van der Waals surface area (Å²) in [6.07, 6.45) is 0.492. The second-order valence-electron chi connectivity index (χ2n) is 9.77. The average Bonchev–Trinajstić information content (AvgIpc) is 3.07. The summed E-state index contributed by atoms with van der Waals surface area (Å²) < 4.78 is 64.3. The standard InChI is InChI=1S/C33H34FN3O8S/c1-42-28-15-13-22(19-30(28)44-3)17-18-35-33(39)24-9-5-7-11-26(24)36-32(38)21-37(27-12-8-6-10-25(27)34)46(40,41)23-14-16-29(43-2)31(20-23)45-4/h5-16,19-20H,17-18,21H2,1-4H3,(H,35,39)(H,36,38). The summed E-state index contributed by atoms with van der Waals surface area (Å²) in [6.45, 7) is -0.520. The van der Waals surface area contributed by atoms with Crippen molar-refractivity contribution in [3.8, 4) is 23.0 Å². The maximum Gasteiger partial charge on any atom is 0.265 e. The zero-order chi connectivity index (χ0) is 33.3. The van der Waals surface area contributed by atoms with Gasteiger partial charge >= 0.3 is 0 Å². The van der Waals surface area contributed by atoms with Gasteiger partial charge in [-0.2, -0.15) is 0 Å². The van der Waals surface area contributed by atoms with Gasteiger partial charge in [0.15, 0.2) is 23.0 Å². The van der Waals surface area contributed by atoms with E-state index in [2.05, 4.69) is 10.6 Å². The summed E-state index contributed by atoms with van der Waals surface area (Å²) in [7, 11) is 1.34. The molecule has 4 aromatic carbocycles. The SMILES string of the molecule is COc1ccc(CCNC(=O)c2ccccc2NC(=O)CN(c2ccccc2F)S(=O)(=O)c2ccc(OC)c(OC)c2)cc1OC. The second kappa shape index (κ2) is 15.1. The van der Waals surface area contributed by atoms with Crippen LogP contribution < -0.4 is 33.9 Å². The van der Waals surface area contributed by atoms with Crippen LogP contribution in [0, 0.1) is 5.82 Å². The number of hydrogen-bond acceptors (Lipinski definition) is 8. The molecule has 0 aromatic heterocycles. The van der Waals surface area contributed by atoms with Crippen molar-refractivity contribution in [1.29, 1.82) is 0 Å². The molecule has 0 fully saturated rings. The van der Waals surface area contributed by atoms with E-state index in [9.17, 15) is 22.4 Å². The summed E-state index contributed by atoms with van der Waals surface area (Å²) in [5.74, 6) is -0.545. The van der Waals surface area contributed by atoms with Crippen LogP contribution in [0.2, 0.25) is 0 Å². The van der Waals surface area contributed by atoms with Gasteiger partial charge in [0.05, 0.1) is 50.3 Å². The number of amides is 2. The van der Waals surface area contributed by atoms with Crippen molar-refractivity contribution in [3.05, 3.63) is 102 Å². The molecule has 13 heteroatoms. The summed E-state index contributed by atoms with van der Waals surface area (Å²) in [6, 6.07) is 20.8. The monoisotopic (exact) mass is 651 g/mol. The highest BCUT2D eigenvalue weighted by atomic mass is 32.2. The zero-order valence-corrected chi connectivity index (χ0v) is 26.5. The molecule has 0 bridgehead atoms. The minimum absolute atomic E-state index is 0.132. The highest BCUT2D eigenvalue weighted by Crippen LogP contribution is 2.33. The molecule has 0 spiro atoms. The van der Waals surface area contributed by atoms with Gasteiger partial charge in [-0.1, -0.05) is 30.3 Å². The zero-order valence-electron chi connectivity index (χ0n) is 25.7. The van der Waals surface area contributed by atoms with E-state index in [4.69, 9.17) is 18.9 Å². The molecule has 0 unspecified atom stereocenters. The first-order valence-corrected chi connectivity index (χ1v) is 15.4. The van der Waals surface area contributed by atoms with Gasteiger partial charge in [0.1, 0.15) is 12.4 Å². The Morgan fingerprint density at radius 2 is 1.37 bits per heavy atom. The molecule has 11 nitrogen and oxygen atoms in total. The van der Waals surface area contributed by atoms with Gasteiger partial charge < -0.3 is 29.6 Å². The Morgan fingerprint density at radius 1 is 0.761 bits per heavy atom. The fraction of sp³-hybridized carbons (Fsp3) is 0.212. The lowest BCUT2D eigenvalue weighted by Gasteiger charge is -2.25. The average molecular weight is 652 g/mol. The van der Waals surface area contributed by atoms with Gasteiger partial charge in [0.2, 0.25) is 5.91 Å². The number of carbonyl (C=O) groups excluding carboxylic acids is 2. The Kier molecular flexibility index (Phi) is 11.0. The number of nitrogens with zero attached hydrogens (tertiary/aromatic N) is 1. The van der Waals surface area contributed by atoms with Gasteiger partial charge in [-0.05, 0) is 60.5 Å². The lowest BCUT2D eigenvalue weighted by molar-refractivity contribution is -0.114. The summed E-state index contributed by atoms with van der Waals surface area (Å²) >= 11 is 0. The third kappa shape index (κ3) is 7.67. The van der Waals surface area contributed by atoms with Crippen molar-refractivity contribution < 1.29 is 41.3 Å². The Morgan fingerprint density at radius 3 is 2.04 bits per heavy atom. The summed E-state index contributed by atoms with van der Waals surface area (Å²) in [5.41, 5.74) is 0.869. The molecule has 2 N–H and O–H groups in total. The minimum Gasteiger partial charge on any atom is -0.493 e. The molecule has 242 valence electrons. The van der Waals surface area contributed by atoms with Crippen molar-refractivity contribution in [1.82, 2.24) is 5.32 Å². The molecule has 46 heavy (non-hydrogen) atoms. The minimum atomic E-state index is -4.50. The van der Waals surface area contributed by atoms with E-state index >= 15 is 0 Å². The Labute approximate surface area is 266 Å². The van der Waals surface area contributed by atoms with Crippen LogP contribution >= 0.6 is 0 Å². The van der Waals surface area contributed by atoms with E-state index in [0.29, 0.717) is 22.2 Å². The predicted molar refractivity (Wildman–Crippen MR) is 171 cm³/mol. The van der Waals surface area contributed by atoms with Gasteiger partial charge in [-0.3, -0.25) is 13.9 Å². The van der Waals surface area contributed by atoms with Crippen molar-refractivity contribution in [2.75, 3.05) is 51.2 Å². The molecule has 0 radical (unpaired) electrons. The van der Waals surface area contributed by atoms with Crippen molar-refractivity contribution >= 4 is 33.2 Å². The number of carbonyl (C=O) groups is 2. The van der Waals surface area contributed by atoms with Gasteiger partial charge in [-0.15, -0.1) is 0 Å². The van der Waals surface area contributed by atoms with Crippen LogP contribution in [0.5, 0.6) is 23.0 Å². The van der Waals surface area contributed by atoms with E-state index in [1.807, 2.05) is 12.1 Å². The maximum absolute atomic E-state index is 15.0. The number of benzene rings is 4. The quantitative estimate of drug-likeness (QED) is 0.201. The summed E-state index contributed by atoms with van der Waals surface area (Å²) in [5, 5.41) is 5.43. The van der Waals surface area contributed by atoms with Crippen LogP contribution in [0.15, 0.2) is 89.8 Å². The molecule has 0 aliphatic carbocycles. The fourth-order valence-electron chi connectivity index (χ4n) is 4.62. The number of methoxy groups -OCH3 is 4. The number of halogens is 1. The number of anilines is 2. The Hall–Kier alpha value is -5.30. The van der Waals surface area contributed by atoms with Gasteiger partial charge in [-0.25, -0.2) is 12.8 Å². The predicted octanol–water partition coefficient (Wildman–Crippen LogP) is 4.67. The first-order chi connectivity index (χ1) is 22.1. The highest BCUT2D eigenvalue weighted by Gasteiger charge is 2.30. The van der Waals surface area contributed by atoms with Crippen LogP contribution in [0.25, 0.3) is 0 Å². The molecule has 0 aliphatic rings. The number of hydrogen-bond donors (Lipinski definition) is 2. The number of rotatable bonds is 14. The van der Waals surface area contributed by atoms with E-state index in [1.54, 1.807) is 25.3 Å². The Balaban J connectivity index is 1.53. The topological polar surface area (TPSA) is 132 Å². The van der Waals surface area contributed by atoms with Crippen molar-refractivity contribution in [2.45, 2.75) is 11.3 Å². The molecule has 4 aromatic rings. The molecule has 0 aliphatic heterocycles. The van der Waals surface area contributed by atoms with E-state index < -0.39 is 34.2 Å². The van der Waals surface area contributed by atoms with Crippen LogP contribution in [0.4, 0.5) is 15.8 Å². The van der Waals surface area contributed by atoms with E-state index in [1.165, 1.54) is 69.9 Å². The molecule has 0 heterocycles. The van der Waals surface area contributed by atoms with Crippen molar-refractivity contribution in [3.63, 3.8) is 0 Å². The van der Waals surface area contributed by atoms with E-state index in [-0.39, 0.29) is 39.9 Å². The largest absolute Gasteiger partial charge is 0.493 e. The lowest BCUT2D eigenvalue weighted by atomic mass is 10.1. The molecule has 4 rings (SSSR count). The molecule has 0 saturated heterocycles. The number of para-hydroxylation sites is 2. The molecule has 0 atom stereocenters. The van der Waals surface area contributed by atoms with Crippen molar-refractivity contribution in [2.24, 2.45) is 0 Å². The second-order valence-corrected chi connectivity index (χ2v) is 11.6. The van der Waals surface area contributed by atoms with Gasteiger partial charge in [0, 0.05) is 12.6 Å².